The Morgan fingerprint density at radius 3 is 2.58 bits per heavy atom. The number of H-pyrrole nitrogens is 1. The molecule has 0 saturated carbocycles. The molecule has 6 nitrogen and oxygen atoms in total. The molecule has 2 aromatic carbocycles. The molecule has 26 heavy (non-hydrogen) atoms. The molecule has 0 aliphatic carbocycles. The van der Waals surface area contributed by atoms with E-state index in [1.165, 1.54) is 10.9 Å². The van der Waals surface area contributed by atoms with Gasteiger partial charge in [-0.25, -0.2) is 4.79 Å². The molecule has 5 N–H and O–H groups in total. The summed E-state index contributed by atoms with van der Waals surface area (Å²) in [5, 5.41) is 6.64. The molecule has 0 bridgehead atoms. The highest BCUT2D eigenvalue weighted by molar-refractivity contribution is 5.87. The number of amides is 3. The second kappa shape index (κ2) is 8.20. The molecular weight excluding hydrogens is 328 g/mol. The van der Waals surface area contributed by atoms with E-state index >= 15 is 0 Å². The number of carbonyl (C=O) groups excluding carboxylic acids is 2. The van der Waals surface area contributed by atoms with Crippen LogP contribution >= 0.6 is 0 Å². The van der Waals surface area contributed by atoms with Crippen LogP contribution in [0, 0.1) is 0 Å². The molecule has 134 valence electrons. The molecule has 0 radical (unpaired) electrons. The number of aromatic amines is 1. The molecular formula is C20H22N4O2. The van der Waals surface area contributed by atoms with Crippen LogP contribution in [0.25, 0.3) is 10.9 Å². The van der Waals surface area contributed by atoms with Gasteiger partial charge in [-0.05, 0) is 42.2 Å². The van der Waals surface area contributed by atoms with Crippen molar-refractivity contribution in [1.29, 1.82) is 0 Å². The Balaban J connectivity index is 1.42. The predicted octanol–water partition coefficient (Wildman–Crippen LogP) is 3.30. The fourth-order valence-electron chi connectivity index (χ4n) is 2.92. The first kappa shape index (κ1) is 17.5. The third-order valence-corrected chi connectivity index (χ3v) is 4.24. The van der Waals surface area contributed by atoms with Crippen molar-refractivity contribution < 1.29 is 9.59 Å². The summed E-state index contributed by atoms with van der Waals surface area (Å²) in [4.78, 5) is 26.1. The van der Waals surface area contributed by atoms with E-state index in [0.717, 1.165) is 23.9 Å². The Bertz CT molecular complexity index is 900. The monoisotopic (exact) mass is 350 g/mol. The topological polar surface area (TPSA) is 100 Å². The predicted molar refractivity (Wildman–Crippen MR) is 103 cm³/mol. The normalized spacial score (nSPS) is 10.6. The number of aromatic nitrogens is 1. The fraction of sp³-hybridized carbons (Fsp3) is 0.200. The lowest BCUT2D eigenvalue weighted by atomic mass is 10.1. The van der Waals surface area contributed by atoms with E-state index in [4.69, 9.17) is 5.73 Å². The average Bonchev–Trinajstić information content (AvgIpc) is 3.04. The van der Waals surface area contributed by atoms with Crippen molar-refractivity contribution in [2.45, 2.75) is 25.8 Å². The van der Waals surface area contributed by atoms with Gasteiger partial charge in [0.15, 0.2) is 0 Å². The van der Waals surface area contributed by atoms with Crippen LogP contribution < -0.4 is 16.4 Å². The third-order valence-electron chi connectivity index (χ3n) is 4.24. The number of carbonyl (C=O) groups is 2. The Morgan fingerprint density at radius 2 is 1.81 bits per heavy atom. The summed E-state index contributed by atoms with van der Waals surface area (Å²) in [6, 6.07) is 14.8. The Labute approximate surface area is 151 Å². The zero-order valence-corrected chi connectivity index (χ0v) is 14.4. The second-order valence-electron chi connectivity index (χ2n) is 6.18. The van der Waals surface area contributed by atoms with E-state index in [2.05, 4.69) is 27.8 Å². The summed E-state index contributed by atoms with van der Waals surface area (Å²) in [6.07, 6.45) is 4.17. The third kappa shape index (κ3) is 4.63. The summed E-state index contributed by atoms with van der Waals surface area (Å²) in [5.74, 6) is 0.0316. The second-order valence-corrected chi connectivity index (χ2v) is 6.18. The molecule has 3 rings (SSSR count). The lowest BCUT2D eigenvalue weighted by Gasteiger charge is -2.07. The van der Waals surface area contributed by atoms with Crippen molar-refractivity contribution in [2.24, 2.45) is 5.73 Å². The molecule has 6 heteroatoms. The summed E-state index contributed by atoms with van der Waals surface area (Å²) in [5.41, 5.74) is 9.03. The molecule has 3 amide bonds. The first-order valence-electron chi connectivity index (χ1n) is 8.59. The first-order chi connectivity index (χ1) is 12.6. The molecule has 1 heterocycles. The summed E-state index contributed by atoms with van der Waals surface area (Å²) < 4.78 is 0. The molecule has 0 saturated heterocycles. The quantitative estimate of drug-likeness (QED) is 0.525. The van der Waals surface area contributed by atoms with Gasteiger partial charge >= 0.3 is 6.03 Å². The van der Waals surface area contributed by atoms with Crippen LogP contribution in [0.4, 0.5) is 10.5 Å². The van der Waals surface area contributed by atoms with E-state index in [0.29, 0.717) is 18.7 Å². The molecule has 3 aromatic rings. The molecule has 0 aliphatic rings. The maximum atomic E-state index is 12.0. The highest BCUT2D eigenvalue weighted by atomic mass is 16.2. The number of fused-ring (bicyclic) bond motifs is 1. The summed E-state index contributed by atoms with van der Waals surface area (Å²) >= 11 is 0. The molecule has 0 spiro atoms. The van der Waals surface area contributed by atoms with Crippen molar-refractivity contribution in [3.63, 3.8) is 0 Å². The number of urea groups is 1. The van der Waals surface area contributed by atoms with Gasteiger partial charge in [0.25, 0.3) is 0 Å². The number of anilines is 1. The standard InChI is InChI=1S/C20H22N4O2/c21-20(26)24-16-10-8-14(9-11-16)12-23-19(25)7-3-4-15-13-22-18-6-2-1-5-17(15)18/h1-2,5-6,8-11,13,22H,3-4,7,12H2,(H,23,25)(H3,21,24,26). The number of nitrogens with one attached hydrogen (secondary N) is 3. The highest BCUT2D eigenvalue weighted by Gasteiger charge is 2.06. The maximum Gasteiger partial charge on any atom is 0.316 e. The number of benzene rings is 2. The van der Waals surface area contributed by atoms with Gasteiger partial charge in [0.1, 0.15) is 0 Å². The largest absolute Gasteiger partial charge is 0.361 e. The van der Waals surface area contributed by atoms with E-state index in [9.17, 15) is 9.59 Å². The number of rotatable bonds is 7. The minimum atomic E-state index is -0.596. The molecule has 0 unspecified atom stereocenters. The lowest BCUT2D eigenvalue weighted by molar-refractivity contribution is -0.121. The van der Waals surface area contributed by atoms with Crippen molar-refractivity contribution in [2.75, 3.05) is 5.32 Å². The number of primary amides is 1. The van der Waals surface area contributed by atoms with Crippen molar-refractivity contribution >= 4 is 28.5 Å². The van der Waals surface area contributed by atoms with Gasteiger partial charge < -0.3 is 21.4 Å². The number of hydrogen-bond donors (Lipinski definition) is 4. The first-order valence-corrected chi connectivity index (χ1v) is 8.59. The Morgan fingerprint density at radius 1 is 1.04 bits per heavy atom. The van der Waals surface area contributed by atoms with Gasteiger partial charge in [0, 0.05) is 35.8 Å². The molecule has 1 aromatic heterocycles. The van der Waals surface area contributed by atoms with Gasteiger partial charge in [-0.2, -0.15) is 0 Å². The minimum absolute atomic E-state index is 0.0316. The van der Waals surface area contributed by atoms with Gasteiger partial charge in [-0.3, -0.25) is 4.79 Å². The summed E-state index contributed by atoms with van der Waals surface area (Å²) in [7, 11) is 0. The van der Waals surface area contributed by atoms with Crippen LogP contribution in [0.15, 0.2) is 54.7 Å². The zero-order chi connectivity index (χ0) is 18.4. The summed E-state index contributed by atoms with van der Waals surface area (Å²) in [6.45, 7) is 0.461. The number of nitrogens with two attached hydrogens (primary N) is 1. The number of para-hydroxylation sites is 1. The lowest BCUT2D eigenvalue weighted by Crippen LogP contribution is -2.22. The molecule has 0 atom stereocenters. The van der Waals surface area contributed by atoms with Gasteiger partial charge in [0.05, 0.1) is 0 Å². The van der Waals surface area contributed by atoms with E-state index in [1.54, 1.807) is 12.1 Å². The SMILES string of the molecule is NC(=O)Nc1ccc(CNC(=O)CCCc2c[nH]c3ccccc23)cc1. The van der Waals surface area contributed by atoms with Crippen LogP contribution in [0.3, 0.4) is 0 Å². The van der Waals surface area contributed by atoms with Crippen LogP contribution in [-0.2, 0) is 17.8 Å². The number of hydrogen-bond acceptors (Lipinski definition) is 2. The number of aryl methyl sites for hydroxylation is 1. The van der Waals surface area contributed by atoms with Crippen LogP contribution in [0.5, 0.6) is 0 Å². The van der Waals surface area contributed by atoms with Gasteiger partial charge in [-0.1, -0.05) is 30.3 Å². The zero-order valence-electron chi connectivity index (χ0n) is 14.4. The maximum absolute atomic E-state index is 12.0. The Hall–Kier alpha value is -3.28. The van der Waals surface area contributed by atoms with Crippen LogP contribution in [0.1, 0.15) is 24.0 Å². The van der Waals surface area contributed by atoms with Crippen LogP contribution in [-0.4, -0.2) is 16.9 Å². The van der Waals surface area contributed by atoms with Crippen molar-refractivity contribution in [3.8, 4) is 0 Å². The van der Waals surface area contributed by atoms with Gasteiger partial charge in [-0.15, -0.1) is 0 Å². The van der Waals surface area contributed by atoms with E-state index < -0.39 is 6.03 Å². The van der Waals surface area contributed by atoms with Crippen LogP contribution in [0.2, 0.25) is 0 Å². The van der Waals surface area contributed by atoms with Gasteiger partial charge in [0.2, 0.25) is 5.91 Å². The fourth-order valence-corrected chi connectivity index (χ4v) is 2.92. The molecule has 0 fully saturated rings. The van der Waals surface area contributed by atoms with E-state index in [-0.39, 0.29) is 5.91 Å². The Kier molecular flexibility index (Phi) is 5.53. The highest BCUT2D eigenvalue weighted by Crippen LogP contribution is 2.19. The average molecular weight is 350 g/mol. The van der Waals surface area contributed by atoms with E-state index in [1.807, 2.05) is 30.5 Å². The minimum Gasteiger partial charge on any atom is -0.361 e. The van der Waals surface area contributed by atoms with Crippen molar-refractivity contribution in [3.05, 3.63) is 65.9 Å². The van der Waals surface area contributed by atoms with Crippen molar-refractivity contribution in [1.82, 2.24) is 10.3 Å². The molecule has 0 aliphatic heterocycles. The smallest absolute Gasteiger partial charge is 0.316 e.